The van der Waals surface area contributed by atoms with Crippen molar-refractivity contribution in [1.82, 2.24) is 9.97 Å². The van der Waals surface area contributed by atoms with Crippen molar-refractivity contribution in [3.8, 4) is 11.5 Å². The summed E-state index contributed by atoms with van der Waals surface area (Å²) in [6, 6.07) is 11.6. The Hall–Kier alpha value is -3.69. The summed E-state index contributed by atoms with van der Waals surface area (Å²) in [4.78, 5) is 32.9. The van der Waals surface area contributed by atoms with Gasteiger partial charge in [0.15, 0.2) is 17.3 Å². The number of hydrogen-bond acceptors (Lipinski definition) is 5. The number of H-pyrrole nitrogens is 1. The van der Waals surface area contributed by atoms with E-state index in [1.165, 1.54) is 6.07 Å². The van der Waals surface area contributed by atoms with Crippen molar-refractivity contribution in [1.29, 1.82) is 0 Å². The van der Waals surface area contributed by atoms with Crippen molar-refractivity contribution in [3.63, 3.8) is 0 Å². The van der Waals surface area contributed by atoms with Crippen LogP contribution in [0, 0.1) is 11.7 Å². The quantitative estimate of drug-likeness (QED) is 0.281. The van der Waals surface area contributed by atoms with Crippen molar-refractivity contribution < 1.29 is 31.8 Å². The number of carbonyl (C=O) groups excluding carboxylic acids is 1. The van der Waals surface area contributed by atoms with Crippen LogP contribution in [-0.4, -0.2) is 29.2 Å². The maximum atomic E-state index is 14.4. The molecule has 10 heteroatoms. The Labute approximate surface area is 210 Å². The van der Waals surface area contributed by atoms with E-state index in [-0.39, 0.29) is 18.0 Å². The van der Waals surface area contributed by atoms with Crippen LogP contribution in [0.2, 0.25) is 0 Å². The standard InChI is InChI=1S/C27H26F4N2O4/c1-26(2,17-7-9-18(36-3)10-8-17)25-32-21(14-24(35)33-25)22(34)13-19(15-4-5-15)16-6-11-23(20(28)12-16)37-27(29,30)31/h6-12,14-15,19H,4-5,13H2,1-3H3,(H,32,33,35)/t19-/m1/s1. The Kier molecular flexibility index (Phi) is 7.12. The molecule has 1 aliphatic carbocycles. The van der Waals surface area contributed by atoms with Gasteiger partial charge in [-0.15, -0.1) is 13.2 Å². The van der Waals surface area contributed by atoms with Gasteiger partial charge in [-0.1, -0.05) is 18.2 Å². The summed E-state index contributed by atoms with van der Waals surface area (Å²) in [6.07, 6.45) is -3.47. The van der Waals surface area contributed by atoms with Crippen LogP contribution >= 0.6 is 0 Å². The van der Waals surface area contributed by atoms with Crippen LogP contribution in [-0.2, 0) is 5.41 Å². The van der Waals surface area contributed by atoms with Gasteiger partial charge in [0.25, 0.3) is 5.56 Å². The summed E-state index contributed by atoms with van der Waals surface area (Å²) in [5.74, 6) is -1.88. The summed E-state index contributed by atoms with van der Waals surface area (Å²) in [6.45, 7) is 3.73. The van der Waals surface area contributed by atoms with E-state index in [2.05, 4.69) is 14.7 Å². The Morgan fingerprint density at radius 3 is 2.35 bits per heavy atom. The molecule has 1 aliphatic rings. The topological polar surface area (TPSA) is 81.3 Å². The smallest absolute Gasteiger partial charge is 0.497 e. The third-order valence-electron chi connectivity index (χ3n) is 6.64. The molecule has 6 nitrogen and oxygen atoms in total. The van der Waals surface area contributed by atoms with Crippen LogP contribution in [0.5, 0.6) is 11.5 Å². The van der Waals surface area contributed by atoms with E-state index in [4.69, 9.17) is 4.74 Å². The van der Waals surface area contributed by atoms with Gasteiger partial charge in [0.05, 0.1) is 7.11 Å². The van der Waals surface area contributed by atoms with Gasteiger partial charge in [0, 0.05) is 17.9 Å². The van der Waals surface area contributed by atoms with E-state index in [0.29, 0.717) is 17.1 Å². The highest BCUT2D eigenvalue weighted by Gasteiger charge is 2.36. The highest BCUT2D eigenvalue weighted by atomic mass is 19.4. The fourth-order valence-corrected chi connectivity index (χ4v) is 4.36. The molecule has 1 heterocycles. The maximum absolute atomic E-state index is 14.4. The number of halogens is 4. The first-order valence-corrected chi connectivity index (χ1v) is 11.7. The largest absolute Gasteiger partial charge is 0.573 e. The Morgan fingerprint density at radius 2 is 1.78 bits per heavy atom. The lowest BCUT2D eigenvalue weighted by Gasteiger charge is -2.25. The molecule has 1 atom stereocenters. The molecule has 1 aromatic heterocycles. The average Bonchev–Trinajstić information content (AvgIpc) is 3.68. The van der Waals surface area contributed by atoms with Crippen LogP contribution < -0.4 is 15.0 Å². The molecule has 0 amide bonds. The molecule has 0 unspecified atom stereocenters. The van der Waals surface area contributed by atoms with Crippen LogP contribution in [0.25, 0.3) is 0 Å². The predicted octanol–water partition coefficient (Wildman–Crippen LogP) is 5.91. The number of benzene rings is 2. The molecule has 0 aliphatic heterocycles. The molecule has 4 rings (SSSR count). The summed E-state index contributed by atoms with van der Waals surface area (Å²) in [7, 11) is 1.56. The molecule has 2 aromatic carbocycles. The second-order valence-corrected chi connectivity index (χ2v) is 9.64. The van der Waals surface area contributed by atoms with Crippen molar-refractivity contribution >= 4 is 5.78 Å². The molecular weight excluding hydrogens is 492 g/mol. The van der Waals surface area contributed by atoms with Gasteiger partial charge in [-0.3, -0.25) is 9.59 Å². The van der Waals surface area contributed by atoms with Gasteiger partial charge in [0.1, 0.15) is 17.3 Å². The van der Waals surface area contributed by atoms with Crippen LogP contribution in [0.1, 0.15) is 66.5 Å². The van der Waals surface area contributed by atoms with Gasteiger partial charge in [-0.2, -0.15) is 0 Å². The first-order chi connectivity index (χ1) is 17.4. The monoisotopic (exact) mass is 518 g/mol. The molecule has 0 radical (unpaired) electrons. The lowest BCUT2D eigenvalue weighted by molar-refractivity contribution is -0.275. The second kappa shape index (κ2) is 9.99. The number of aromatic nitrogens is 2. The van der Waals surface area contributed by atoms with E-state index in [1.807, 2.05) is 26.0 Å². The number of alkyl halides is 3. The molecule has 1 N–H and O–H groups in total. The van der Waals surface area contributed by atoms with Crippen molar-refractivity contribution in [2.75, 3.05) is 7.11 Å². The number of methoxy groups -OCH3 is 1. The molecule has 0 spiro atoms. The molecule has 1 fully saturated rings. The molecule has 0 bridgehead atoms. The van der Waals surface area contributed by atoms with Crippen molar-refractivity contribution in [2.24, 2.45) is 5.92 Å². The zero-order valence-corrected chi connectivity index (χ0v) is 20.5. The Morgan fingerprint density at radius 1 is 1.11 bits per heavy atom. The van der Waals surface area contributed by atoms with Crippen LogP contribution in [0.4, 0.5) is 17.6 Å². The molecule has 3 aromatic rings. The molecule has 196 valence electrons. The first-order valence-electron chi connectivity index (χ1n) is 11.7. The van der Waals surface area contributed by atoms with Gasteiger partial charge in [-0.25, -0.2) is 9.37 Å². The predicted molar refractivity (Wildman–Crippen MR) is 127 cm³/mol. The highest BCUT2D eigenvalue weighted by Crippen LogP contribution is 2.45. The van der Waals surface area contributed by atoms with Crippen molar-refractivity contribution in [2.45, 2.75) is 50.8 Å². The number of rotatable bonds is 9. The second-order valence-electron chi connectivity index (χ2n) is 9.64. The minimum absolute atomic E-state index is 0.0246. The van der Waals surface area contributed by atoms with E-state index in [0.717, 1.165) is 36.6 Å². The number of aromatic amines is 1. The third kappa shape index (κ3) is 6.18. The number of nitrogens with zero attached hydrogens (tertiary/aromatic N) is 1. The molecular formula is C27H26F4N2O4. The molecule has 1 saturated carbocycles. The van der Waals surface area contributed by atoms with Crippen molar-refractivity contribution in [3.05, 3.63) is 87.3 Å². The molecule has 37 heavy (non-hydrogen) atoms. The zero-order valence-electron chi connectivity index (χ0n) is 20.5. The normalized spacial score (nSPS) is 14.8. The van der Waals surface area contributed by atoms with E-state index < -0.39 is 40.6 Å². The van der Waals surface area contributed by atoms with Gasteiger partial charge >= 0.3 is 6.36 Å². The zero-order chi connectivity index (χ0) is 27.0. The maximum Gasteiger partial charge on any atom is 0.573 e. The van der Waals surface area contributed by atoms with Gasteiger partial charge < -0.3 is 14.5 Å². The Balaban J connectivity index is 1.59. The summed E-state index contributed by atoms with van der Waals surface area (Å²) < 4.78 is 60.7. The van der Waals surface area contributed by atoms with E-state index >= 15 is 0 Å². The van der Waals surface area contributed by atoms with Crippen LogP contribution in [0.15, 0.2) is 53.3 Å². The third-order valence-corrected chi connectivity index (χ3v) is 6.64. The summed E-state index contributed by atoms with van der Waals surface area (Å²) in [5.41, 5.74) is -0.0177. The average molecular weight is 519 g/mol. The minimum atomic E-state index is -5.02. The number of carbonyl (C=O) groups is 1. The number of hydrogen-bond donors (Lipinski definition) is 1. The lowest BCUT2D eigenvalue weighted by atomic mass is 9.83. The van der Waals surface area contributed by atoms with Gasteiger partial charge in [0.2, 0.25) is 0 Å². The highest BCUT2D eigenvalue weighted by molar-refractivity contribution is 5.94. The summed E-state index contributed by atoms with van der Waals surface area (Å²) in [5, 5.41) is 0. The number of nitrogens with one attached hydrogen (secondary N) is 1. The van der Waals surface area contributed by atoms with Crippen LogP contribution in [0.3, 0.4) is 0 Å². The van der Waals surface area contributed by atoms with Gasteiger partial charge in [-0.05, 0) is 73.9 Å². The SMILES string of the molecule is COc1ccc(C(C)(C)c2nc(C(=O)C[C@@H](c3ccc(OC(F)(F)F)c(F)c3)C3CC3)cc(=O)[nH]2)cc1. The first kappa shape index (κ1) is 26.4. The fraction of sp³-hybridized carbons (Fsp3) is 0.370. The number of ether oxygens (including phenoxy) is 2. The lowest BCUT2D eigenvalue weighted by Crippen LogP contribution is -2.28. The summed E-state index contributed by atoms with van der Waals surface area (Å²) >= 11 is 0. The fourth-order valence-electron chi connectivity index (χ4n) is 4.36. The van der Waals surface area contributed by atoms with E-state index in [1.54, 1.807) is 19.2 Å². The Bertz CT molecular complexity index is 1350. The molecule has 0 saturated heterocycles. The van der Waals surface area contributed by atoms with E-state index in [9.17, 15) is 27.2 Å². The minimum Gasteiger partial charge on any atom is -0.497 e. The number of Topliss-reactive ketones (excluding diaryl/α,β-unsaturated/α-hetero) is 1. The number of ketones is 1.